The van der Waals surface area contributed by atoms with E-state index in [1.807, 2.05) is 6.07 Å². The maximum Gasteiger partial charge on any atom is 0.250 e. The number of benzene rings is 1. The first-order valence-electron chi connectivity index (χ1n) is 6.28. The summed E-state index contributed by atoms with van der Waals surface area (Å²) in [4.78, 5) is 11.5. The molecule has 20 heavy (non-hydrogen) atoms. The second-order valence-corrected chi connectivity index (χ2v) is 4.33. The van der Waals surface area contributed by atoms with Gasteiger partial charge in [-0.2, -0.15) is 5.26 Å². The summed E-state index contributed by atoms with van der Waals surface area (Å²) in [6.07, 6.45) is 2.33. The lowest BCUT2D eigenvalue weighted by Crippen LogP contribution is -2.20. The highest BCUT2D eigenvalue weighted by Crippen LogP contribution is 2.11. The zero-order chi connectivity index (χ0) is 14.4. The normalized spacial score (nSPS) is 9.95. The van der Waals surface area contributed by atoms with Crippen molar-refractivity contribution in [3.63, 3.8) is 0 Å². The Hall–Kier alpha value is -2.74. The molecule has 0 saturated heterocycles. The number of nitriles is 1. The van der Waals surface area contributed by atoms with Gasteiger partial charge < -0.3 is 15.0 Å². The van der Waals surface area contributed by atoms with Gasteiger partial charge in [-0.05, 0) is 36.8 Å². The molecule has 5 nitrogen and oxygen atoms in total. The minimum Gasteiger partial charge on any atom is -0.494 e. The van der Waals surface area contributed by atoms with E-state index in [0.29, 0.717) is 36.6 Å². The quantitative estimate of drug-likeness (QED) is 0.839. The number of aromatic nitrogens is 1. The van der Waals surface area contributed by atoms with Crippen molar-refractivity contribution in [1.82, 2.24) is 4.57 Å². The van der Waals surface area contributed by atoms with Crippen molar-refractivity contribution in [2.24, 2.45) is 0 Å². The summed E-state index contributed by atoms with van der Waals surface area (Å²) in [6.45, 7) is 1.05. The van der Waals surface area contributed by atoms with Crippen LogP contribution in [-0.2, 0) is 6.54 Å². The van der Waals surface area contributed by atoms with Crippen LogP contribution < -0.4 is 16.0 Å². The van der Waals surface area contributed by atoms with Gasteiger partial charge in [0.2, 0.25) is 0 Å². The number of anilines is 1. The first-order valence-corrected chi connectivity index (χ1v) is 6.28. The Morgan fingerprint density at radius 1 is 1.20 bits per heavy atom. The number of pyridine rings is 1. The van der Waals surface area contributed by atoms with Crippen molar-refractivity contribution < 1.29 is 4.74 Å². The number of nitrogens with two attached hydrogens (primary N) is 1. The smallest absolute Gasteiger partial charge is 0.250 e. The third-order valence-electron chi connectivity index (χ3n) is 2.80. The molecule has 1 heterocycles. The van der Waals surface area contributed by atoms with Crippen LogP contribution >= 0.6 is 0 Å². The molecule has 0 unspecified atom stereocenters. The lowest BCUT2D eigenvalue weighted by atomic mass is 10.2. The highest BCUT2D eigenvalue weighted by Gasteiger charge is 1.98. The van der Waals surface area contributed by atoms with Crippen molar-refractivity contribution >= 4 is 5.69 Å². The highest BCUT2D eigenvalue weighted by atomic mass is 16.5. The van der Waals surface area contributed by atoms with Crippen LogP contribution in [0.2, 0.25) is 0 Å². The van der Waals surface area contributed by atoms with Crippen molar-refractivity contribution in [3.8, 4) is 11.8 Å². The maximum absolute atomic E-state index is 11.5. The van der Waals surface area contributed by atoms with Crippen LogP contribution in [0.3, 0.4) is 0 Å². The Morgan fingerprint density at radius 3 is 2.65 bits per heavy atom. The van der Waals surface area contributed by atoms with E-state index >= 15 is 0 Å². The molecule has 0 saturated carbocycles. The molecule has 0 radical (unpaired) electrons. The fourth-order valence-corrected chi connectivity index (χ4v) is 1.78. The van der Waals surface area contributed by atoms with Crippen LogP contribution in [0.1, 0.15) is 12.0 Å². The maximum atomic E-state index is 11.5. The van der Waals surface area contributed by atoms with Crippen molar-refractivity contribution in [1.29, 1.82) is 5.26 Å². The third-order valence-corrected chi connectivity index (χ3v) is 2.80. The Bertz CT molecular complexity index is 669. The number of ether oxygens (including phenoxy) is 1. The highest BCUT2D eigenvalue weighted by molar-refractivity contribution is 5.34. The molecule has 102 valence electrons. The number of nitrogen functional groups attached to an aromatic ring is 1. The lowest BCUT2D eigenvalue weighted by Gasteiger charge is -2.08. The molecule has 1 aromatic heterocycles. The molecule has 2 rings (SSSR count). The molecular weight excluding hydrogens is 254 g/mol. The summed E-state index contributed by atoms with van der Waals surface area (Å²) in [5.41, 5.74) is 6.73. The van der Waals surface area contributed by atoms with E-state index in [1.165, 1.54) is 6.07 Å². The predicted molar refractivity (Wildman–Crippen MR) is 76.4 cm³/mol. The van der Waals surface area contributed by atoms with Gasteiger partial charge in [-0.1, -0.05) is 0 Å². The van der Waals surface area contributed by atoms with Crippen LogP contribution in [0, 0.1) is 11.3 Å². The van der Waals surface area contributed by atoms with E-state index in [9.17, 15) is 4.79 Å². The van der Waals surface area contributed by atoms with Gasteiger partial charge in [-0.25, -0.2) is 0 Å². The van der Waals surface area contributed by atoms with Crippen molar-refractivity contribution in [2.75, 3.05) is 12.3 Å². The van der Waals surface area contributed by atoms with E-state index < -0.39 is 0 Å². The molecule has 0 bridgehead atoms. The molecule has 0 amide bonds. The molecule has 1 aromatic carbocycles. The van der Waals surface area contributed by atoms with Crippen LogP contribution in [0.5, 0.6) is 5.75 Å². The van der Waals surface area contributed by atoms with E-state index in [-0.39, 0.29) is 5.56 Å². The Morgan fingerprint density at radius 2 is 1.95 bits per heavy atom. The van der Waals surface area contributed by atoms with E-state index in [4.69, 9.17) is 15.7 Å². The topological polar surface area (TPSA) is 81.0 Å². The minimum atomic E-state index is -0.0717. The van der Waals surface area contributed by atoms with Crippen LogP contribution in [0.4, 0.5) is 5.69 Å². The minimum absolute atomic E-state index is 0.0717. The fraction of sp³-hybridized carbons (Fsp3) is 0.200. The second kappa shape index (κ2) is 6.43. The second-order valence-electron chi connectivity index (χ2n) is 4.33. The Labute approximate surface area is 116 Å². The molecule has 0 aliphatic carbocycles. The molecule has 0 fully saturated rings. The van der Waals surface area contributed by atoms with E-state index in [1.54, 1.807) is 41.1 Å². The van der Waals surface area contributed by atoms with Gasteiger partial charge in [0, 0.05) is 24.5 Å². The molecule has 0 spiro atoms. The zero-order valence-electron chi connectivity index (χ0n) is 11.0. The largest absolute Gasteiger partial charge is 0.494 e. The molecule has 0 atom stereocenters. The van der Waals surface area contributed by atoms with Gasteiger partial charge in [0.1, 0.15) is 5.75 Å². The first kappa shape index (κ1) is 13.7. The molecular formula is C15H15N3O2. The first-order chi connectivity index (χ1) is 9.69. The fourth-order valence-electron chi connectivity index (χ4n) is 1.78. The number of hydrogen-bond acceptors (Lipinski definition) is 4. The lowest BCUT2D eigenvalue weighted by molar-refractivity contribution is 0.301. The van der Waals surface area contributed by atoms with E-state index in [2.05, 4.69) is 0 Å². The third kappa shape index (κ3) is 3.62. The van der Waals surface area contributed by atoms with Crippen LogP contribution in [-0.4, -0.2) is 11.2 Å². The monoisotopic (exact) mass is 269 g/mol. The van der Waals surface area contributed by atoms with Gasteiger partial charge in [-0.15, -0.1) is 0 Å². The molecule has 0 aliphatic heterocycles. The average molecular weight is 269 g/mol. The van der Waals surface area contributed by atoms with Crippen LogP contribution in [0.15, 0.2) is 47.4 Å². The van der Waals surface area contributed by atoms with Crippen LogP contribution in [0.25, 0.3) is 0 Å². The summed E-state index contributed by atoms with van der Waals surface area (Å²) < 4.78 is 7.11. The molecule has 2 N–H and O–H groups in total. The summed E-state index contributed by atoms with van der Waals surface area (Å²) in [5.74, 6) is 0.712. The number of nitrogens with zero attached hydrogens (tertiary/aromatic N) is 2. The van der Waals surface area contributed by atoms with Gasteiger partial charge >= 0.3 is 0 Å². The SMILES string of the molecule is N#Cc1ccc(OCCCn2cc(N)ccc2=O)cc1. The standard InChI is InChI=1S/C15H15N3O2/c16-10-12-2-5-14(6-3-12)20-9-1-8-18-11-13(17)4-7-15(18)19/h2-7,11H,1,8-9,17H2. The number of rotatable bonds is 5. The number of aryl methyl sites for hydroxylation is 1. The molecule has 5 heteroatoms. The van der Waals surface area contributed by atoms with Gasteiger partial charge in [-0.3, -0.25) is 4.79 Å². The molecule has 0 aliphatic rings. The predicted octanol–water partition coefficient (Wildman–Crippen LogP) is 1.77. The number of hydrogen-bond donors (Lipinski definition) is 1. The van der Waals surface area contributed by atoms with Gasteiger partial charge in [0.05, 0.1) is 18.2 Å². The summed E-state index contributed by atoms with van der Waals surface area (Å²) >= 11 is 0. The van der Waals surface area contributed by atoms with Gasteiger partial charge in [0.25, 0.3) is 5.56 Å². The summed E-state index contributed by atoms with van der Waals surface area (Å²) in [7, 11) is 0. The Balaban J connectivity index is 1.83. The van der Waals surface area contributed by atoms with E-state index in [0.717, 1.165) is 0 Å². The summed E-state index contributed by atoms with van der Waals surface area (Å²) in [5, 5.41) is 8.68. The Kier molecular flexibility index (Phi) is 4.40. The molecule has 2 aromatic rings. The van der Waals surface area contributed by atoms with Crippen molar-refractivity contribution in [2.45, 2.75) is 13.0 Å². The zero-order valence-corrected chi connectivity index (χ0v) is 11.0. The van der Waals surface area contributed by atoms with Gasteiger partial charge in [0.15, 0.2) is 0 Å². The summed E-state index contributed by atoms with van der Waals surface area (Å²) in [6, 6.07) is 12.0. The average Bonchev–Trinajstić information content (AvgIpc) is 2.47. The van der Waals surface area contributed by atoms with Crippen molar-refractivity contribution in [3.05, 3.63) is 58.5 Å².